The molecule has 2 heterocycles. The number of aromatic nitrogens is 3. The smallest absolute Gasteiger partial charge is 0.174 e. The van der Waals surface area contributed by atoms with E-state index < -0.39 is 0 Å². The molecule has 2 aromatic heterocycles. The SMILES string of the molecule is c1ccc(-c2ccc(-c3nc(-c4ccc(-c5ccc(-c6ccccc6)cc5-c5ccccc5)cc4)nc(-c4cc5ccccc5s4)n3)cc2)cc1. The lowest BCUT2D eigenvalue weighted by Crippen LogP contribution is -1.99. The Labute approximate surface area is 301 Å². The van der Waals surface area contributed by atoms with Crippen LogP contribution in [-0.2, 0) is 0 Å². The van der Waals surface area contributed by atoms with Crippen molar-refractivity contribution in [3.05, 3.63) is 188 Å². The molecule has 0 fully saturated rings. The summed E-state index contributed by atoms with van der Waals surface area (Å²) in [5.41, 5.74) is 11.3. The van der Waals surface area contributed by atoms with E-state index in [0.29, 0.717) is 17.5 Å². The quantitative estimate of drug-likeness (QED) is 0.169. The van der Waals surface area contributed by atoms with Crippen LogP contribution in [0.25, 0.3) is 88.1 Å². The number of benzene rings is 7. The first-order valence-electron chi connectivity index (χ1n) is 17.0. The highest BCUT2D eigenvalue weighted by Gasteiger charge is 2.16. The molecular formula is C47H31N3S. The summed E-state index contributed by atoms with van der Waals surface area (Å²) in [7, 11) is 0. The van der Waals surface area contributed by atoms with Crippen LogP contribution in [0.5, 0.6) is 0 Å². The first-order chi connectivity index (χ1) is 25.2. The van der Waals surface area contributed by atoms with E-state index in [2.05, 4.69) is 182 Å². The maximum atomic E-state index is 5.06. The lowest BCUT2D eigenvalue weighted by atomic mass is 9.91. The van der Waals surface area contributed by atoms with Gasteiger partial charge in [-0.2, -0.15) is 0 Å². The van der Waals surface area contributed by atoms with Gasteiger partial charge in [0, 0.05) is 15.8 Å². The highest BCUT2D eigenvalue weighted by Crippen LogP contribution is 2.38. The molecule has 0 spiro atoms. The fourth-order valence-corrected chi connectivity index (χ4v) is 7.54. The summed E-state index contributed by atoms with van der Waals surface area (Å²) >= 11 is 1.70. The van der Waals surface area contributed by atoms with E-state index in [0.717, 1.165) is 27.1 Å². The van der Waals surface area contributed by atoms with Gasteiger partial charge in [0.1, 0.15) is 0 Å². The van der Waals surface area contributed by atoms with E-state index in [9.17, 15) is 0 Å². The van der Waals surface area contributed by atoms with Crippen molar-refractivity contribution in [1.29, 1.82) is 0 Å². The predicted octanol–water partition coefficient (Wildman–Crippen LogP) is 12.8. The van der Waals surface area contributed by atoms with Crippen LogP contribution in [-0.4, -0.2) is 15.0 Å². The van der Waals surface area contributed by atoms with Crippen LogP contribution in [0, 0.1) is 0 Å². The Hall–Kier alpha value is -6.49. The molecule has 0 amide bonds. The van der Waals surface area contributed by atoms with Gasteiger partial charge in [-0.1, -0.05) is 170 Å². The van der Waals surface area contributed by atoms with Crippen molar-refractivity contribution in [1.82, 2.24) is 15.0 Å². The molecule has 7 aromatic carbocycles. The fourth-order valence-electron chi connectivity index (χ4n) is 6.54. The Kier molecular flexibility index (Phi) is 8.05. The van der Waals surface area contributed by atoms with Gasteiger partial charge >= 0.3 is 0 Å². The van der Waals surface area contributed by atoms with Crippen molar-refractivity contribution in [2.24, 2.45) is 0 Å². The second kappa shape index (κ2) is 13.4. The summed E-state index contributed by atoms with van der Waals surface area (Å²) in [5.74, 6) is 1.98. The summed E-state index contributed by atoms with van der Waals surface area (Å²) in [6.45, 7) is 0. The molecule has 51 heavy (non-hydrogen) atoms. The van der Waals surface area contributed by atoms with Crippen molar-refractivity contribution < 1.29 is 0 Å². The highest BCUT2D eigenvalue weighted by atomic mass is 32.1. The molecule has 0 radical (unpaired) electrons. The zero-order chi connectivity index (χ0) is 34.0. The Bertz CT molecular complexity index is 2560. The van der Waals surface area contributed by atoms with Crippen molar-refractivity contribution in [3.8, 4) is 78.0 Å². The summed E-state index contributed by atoms with van der Waals surface area (Å²) < 4.78 is 1.21. The van der Waals surface area contributed by atoms with Crippen LogP contribution in [0.1, 0.15) is 0 Å². The average Bonchev–Trinajstić information content (AvgIpc) is 3.66. The minimum Gasteiger partial charge on any atom is -0.208 e. The molecule has 9 rings (SSSR count). The van der Waals surface area contributed by atoms with E-state index >= 15 is 0 Å². The second-order valence-corrected chi connectivity index (χ2v) is 13.6. The predicted molar refractivity (Wildman–Crippen MR) is 213 cm³/mol. The molecule has 3 nitrogen and oxygen atoms in total. The van der Waals surface area contributed by atoms with E-state index in [-0.39, 0.29) is 0 Å². The number of hydrogen-bond acceptors (Lipinski definition) is 4. The molecule has 240 valence electrons. The Balaban J connectivity index is 1.12. The molecule has 0 saturated carbocycles. The topological polar surface area (TPSA) is 38.7 Å². The molecule has 0 saturated heterocycles. The lowest BCUT2D eigenvalue weighted by Gasteiger charge is -2.14. The van der Waals surface area contributed by atoms with Gasteiger partial charge in [-0.25, -0.2) is 15.0 Å². The average molecular weight is 670 g/mol. The molecule has 0 bridgehead atoms. The molecule has 0 aliphatic rings. The van der Waals surface area contributed by atoms with Gasteiger partial charge < -0.3 is 0 Å². The van der Waals surface area contributed by atoms with E-state index in [1.54, 1.807) is 11.3 Å². The third-order valence-electron chi connectivity index (χ3n) is 9.20. The lowest BCUT2D eigenvalue weighted by molar-refractivity contribution is 1.08. The first-order valence-corrected chi connectivity index (χ1v) is 17.8. The largest absolute Gasteiger partial charge is 0.208 e. The maximum Gasteiger partial charge on any atom is 0.174 e. The molecule has 0 aliphatic heterocycles. The Morgan fingerprint density at radius 1 is 0.294 bits per heavy atom. The third kappa shape index (κ3) is 6.25. The van der Waals surface area contributed by atoms with E-state index in [1.807, 2.05) is 6.07 Å². The van der Waals surface area contributed by atoms with Crippen LogP contribution >= 0.6 is 11.3 Å². The zero-order valence-corrected chi connectivity index (χ0v) is 28.5. The molecule has 4 heteroatoms. The number of hydrogen-bond donors (Lipinski definition) is 0. The standard InChI is InChI=1S/C47H31N3S/c1-4-12-32(13-5-1)34-20-24-37(25-21-34)45-48-46(50-47(49-45)44-31-40-18-10-11-19-43(40)51-44)38-26-22-36(23-27-38)41-29-28-39(33-14-6-2-7-15-33)30-42(41)35-16-8-3-9-17-35/h1-31H. The second-order valence-electron chi connectivity index (χ2n) is 12.5. The van der Waals surface area contributed by atoms with Crippen molar-refractivity contribution >= 4 is 21.4 Å². The monoisotopic (exact) mass is 669 g/mol. The number of nitrogens with zero attached hydrogens (tertiary/aromatic N) is 3. The van der Waals surface area contributed by atoms with E-state index in [1.165, 1.54) is 43.5 Å². The Morgan fingerprint density at radius 2 is 0.725 bits per heavy atom. The summed E-state index contributed by atoms with van der Waals surface area (Å²) in [6.07, 6.45) is 0. The van der Waals surface area contributed by atoms with Crippen molar-refractivity contribution in [2.75, 3.05) is 0 Å². The molecule has 0 N–H and O–H groups in total. The minimum atomic E-state index is 0.647. The van der Waals surface area contributed by atoms with Gasteiger partial charge in [-0.15, -0.1) is 11.3 Å². The minimum absolute atomic E-state index is 0.647. The van der Waals surface area contributed by atoms with Gasteiger partial charge in [-0.05, 0) is 68.1 Å². The molecule has 0 aliphatic carbocycles. The summed E-state index contributed by atoms with van der Waals surface area (Å²) in [6, 6.07) is 66.0. The number of fused-ring (bicyclic) bond motifs is 1. The number of rotatable bonds is 7. The fraction of sp³-hybridized carbons (Fsp3) is 0. The van der Waals surface area contributed by atoms with Gasteiger partial charge in [0.25, 0.3) is 0 Å². The number of thiophene rings is 1. The Morgan fingerprint density at radius 3 is 1.33 bits per heavy atom. The van der Waals surface area contributed by atoms with Gasteiger partial charge in [0.15, 0.2) is 17.5 Å². The van der Waals surface area contributed by atoms with Gasteiger partial charge in [0.05, 0.1) is 4.88 Å². The van der Waals surface area contributed by atoms with E-state index in [4.69, 9.17) is 15.0 Å². The molecule has 0 unspecified atom stereocenters. The van der Waals surface area contributed by atoms with Crippen molar-refractivity contribution in [2.45, 2.75) is 0 Å². The van der Waals surface area contributed by atoms with Crippen LogP contribution in [0.15, 0.2) is 188 Å². The third-order valence-corrected chi connectivity index (χ3v) is 10.3. The van der Waals surface area contributed by atoms with Gasteiger partial charge in [-0.3, -0.25) is 0 Å². The normalized spacial score (nSPS) is 11.1. The van der Waals surface area contributed by atoms with Crippen LogP contribution in [0.3, 0.4) is 0 Å². The first kappa shape index (κ1) is 30.6. The van der Waals surface area contributed by atoms with Crippen LogP contribution in [0.2, 0.25) is 0 Å². The molecule has 9 aromatic rings. The molecule has 0 atom stereocenters. The van der Waals surface area contributed by atoms with Crippen molar-refractivity contribution in [3.63, 3.8) is 0 Å². The highest BCUT2D eigenvalue weighted by molar-refractivity contribution is 7.22. The van der Waals surface area contributed by atoms with Crippen LogP contribution in [0.4, 0.5) is 0 Å². The summed E-state index contributed by atoms with van der Waals surface area (Å²) in [5, 5.41) is 1.19. The zero-order valence-electron chi connectivity index (χ0n) is 27.6. The maximum absolute atomic E-state index is 5.06. The van der Waals surface area contributed by atoms with Gasteiger partial charge in [0.2, 0.25) is 0 Å². The van der Waals surface area contributed by atoms with Crippen LogP contribution < -0.4 is 0 Å². The summed E-state index contributed by atoms with van der Waals surface area (Å²) in [4.78, 5) is 16.2. The molecular weight excluding hydrogens is 639 g/mol.